The van der Waals surface area contributed by atoms with E-state index < -0.39 is 0 Å². The van der Waals surface area contributed by atoms with Gasteiger partial charge in [-0.2, -0.15) is 0 Å². The molecular formula is C13H15ClN2. The summed E-state index contributed by atoms with van der Waals surface area (Å²) in [6.45, 7) is 0. The summed E-state index contributed by atoms with van der Waals surface area (Å²) in [5.41, 5.74) is 8.67. The minimum absolute atomic E-state index is 0.141. The molecule has 3 heteroatoms. The molecule has 1 fully saturated rings. The lowest BCUT2D eigenvalue weighted by Crippen LogP contribution is -2.22. The number of rotatable bonds is 3. The number of benzene rings is 1. The number of nitrogens with one attached hydrogen (secondary N) is 1. The lowest BCUT2D eigenvalue weighted by molar-refractivity contribution is 0.609. The Balaban J connectivity index is 1.82. The highest BCUT2D eigenvalue weighted by atomic mass is 35.5. The van der Waals surface area contributed by atoms with Crippen LogP contribution in [-0.2, 0) is 6.42 Å². The van der Waals surface area contributed by atoms with Crippen molar-refractivity contribution in [3.8, 4) is 0 Å². The zero-order valence-electron chi connectivity index (χ0n) is 9.09. The lowest BCUT2D eigenvalue weighted by Gasteiger charge is -2.07. The van der Waals surface area contributed by atoms with E-state index in [9.17, 15) is 0 Å². The summed E-state index contributed by atoms with van der Waals surface area (Å²) in [6.07, 6.45) is 6.35. The van der Waals surface area contributed by atoms with Gasteiger partial charge >= 0.3 is 0 Å². The molecule has 0 amide bonds. The van der Waals surface area contributed by atoms with Gasteiger partial charge < -0.3 is 10.7 Å². The summed E-state index contributed by atoms with van der Waals surface area (Å²) >= 11 is 6.03. The van der Waals surface area contributed by atoms with Gasteiger partial charge in [0, 0.05) is 22.6 Å². The van der Waals surface area contributed by atoms with Crippen molar-refractivity contribution < 1.29 is 0 Å². The zero-order valence-corrected chi connectivity index (χ0v) is 9.85. The molecule has 2 aromatic rings. The summed E-state index contributed by atoms with van der Waals surface area (Å²) in [6, 6.07) is 6.40. The second kappa shape index (κ2) is 3.51. The van der Waals surface area contributed by atoms with Crippen molar-refractivity contribution in [3.05, 3.63) is 35.0 Å². The van der Waals surface area contributed by atoms with Crippen LogP contribution in [0.1, 0.15) is 24.8 Å². The highest BCUT2D eigenvalue weighted by Crippen LogP contribution is 2.36. The van der Waals surface area contributed by atoms with Crippen LogP contribution in [0.2, 0.25) is 5.02 Å². The number of hydrogen-bond donors (Lipinski definition) is 2. The van der Waals surface area contributed by atoms with Crippen LogP contribution in [0, 0.1) is 0 Å². The standard InChI is InChI=1S/C13H15ClN2/c14-11-8-16-12-7-9(1-2-10(11)12)3-4-13(15)5-6-13/h1-2,7-8,16H,3-6,15H2. The van der Waals surface area contributed by atoms with Crippen LogP contribution in [0.15, 0.2) is 24.4 Å². The van der Waals surface area contributed by atoms with E-state index in [2.05, 4.69) is 23.2 Å². The molecular weight excluding hydrogens is 220 g/mol. The van der Waals surface area contributed by atoms with Crippen molar-refractivity contribution in [2.45, 2.75) is 31.2 Å². The van der Waals surface area contributed by atoms with Crippen molar-refractivity contribution in [1.29, 1.82) is 0 Å². The van der Waals surface area contributed by atoms with Crippen molar-refractivity contribution in [2.24, 2.45) is 5.73 Å². The molecule has 3 N–H and O–H groups in total. The maximum atomic E-state index is 6.08. The highest BCUT2D eigenvalue weighted by molar-refractivity contribution is 6.35. The van der Waals surface area contributed by atoms with Gasteiger partial charge in [-0.3, -0.25) is 0 Å². The molecule has 1 aromatic carbocycles. The van der Waals surface area contributed by atoms with Crippen LogP contribution in [0.4, 0.5) is 0 Å². The second-order valence-corrected chi connectivity index (χ2v) is 5.29. The average Bonchev–Trinajstić information content (AvgIpc) is 2.91. The maximum Gasteiger partial charge on any atom is 0.0659 e. The number of aromatic nitrogens is 1. The van der Waals surface area contributed by atoms with Gasteiger partial charge in [-0.15, -0.1) is 0 Å². The molecule has 1 saturated carbocycles. The third-order valence-electron chi connectivity index (χ3n) is 3.50. The molecule has 0 unspecified atom stereocenters. The SMILES string of the molecule is NC1(CCc2ccc3c(Cl)c[nH]c3c2)CC1. The Labute approximate surface area is 99.8 Å². The molecule has 0 bridgehead atoms. The summed E-state index contributed by atoms with van der Waals surface area (Å²) in [5, 5.41) is 1.89. The van der Waals surface area contributed by atoms with Crippen molar-refractivity contribution in [1.82, 2.24) is 4.98 Å². The first-order valence-electron chi connectivity index (χ1n) is 5.71. The zero-order chi connectivity index (χ0) is 11.2. The van der Waals surface area contributed by atoms with Crippen LogP contribution < -0.4 is 5.73 Å². The van der Waals surface area contributed by atoms with E-state index in [1.807, 2.05) is 6.20 Å². The van der Waals surface area contributed by atoms with Crippen LogP contribution in [0.5, 0.6) is 0 Å². The van der Waals surface area contributed by atoms with E-state index in [-0.39, 0.29) is 5.54 Å². The largest absolute Gasteiger partial charge is 0.360 e. The number of hydrogen-bond acceptors (Lipinski definition) is 1. The quantitative estimate of drug-likeness (QED) is 0.841. The first-order valence-corrected chi connectivity index (χ1v) is 6.09. The molecule has 0 aliphatic heterocycles. The first kappa shape index (κ1) is 10.2. The predicted octanol–water partition coefficient (Wildman–Crippen LogP) is 3.25. The molecule has 0 saturated heterocycles. The Hall–Kier alpha value is -0.990. The van der Waals surface area contributed by atoms with E-state index in [0.717, 1.165) is 28.8 Å². The Morgan fingerprint density at radius 1 is 1.38 bits per heavy atom. The third kappa shape index (κ3) is 1.83. The fourth-order valence-corrected chi connectivity index (χ4v) is 2.32. The van der Waals surface area contributed by atoms with Crippen molar-refractivity contribution in [3.63, 3.8) is 0 Å². The number of nitrogens with two attached hydrogens (primary N) is 1. The van der Waals surface area contributed by atoms with Gasteiger partial charge in [-0.1, -0.05) is 23.7 Å². The van der Waals surface area contributed by atoms with E-state index in [4.69, 9.17) is 17.3 Å². The monoisotopic (exact) mass is 234 g/mol. The van der Waals surface area contributed by atoms with Crippen LogP contribution in [0.25, 0.3) is 10.9 Å². The van der Waals surface area contributed by atoms with Gasteiger partial charge in [-0.05, 0) is 37.3 Å². The molecule has 3 rings (SSSR count). The van der Waals surface area contributed by atoms with Crippen LogP contribution in [-0.4, -0.2) is 10.5 Å². The van der Waals surface area contributed by atoms with E-state index in [1.54, 1.807) is 0 Å². The fraction of sp³-hybridized carbons (Fsp3) is 0.385. The number of aryl methyl sites for hydroxylation is 1. The topological polar surface area (TPSA) is 41.8 Å². The van der Waals surface area contributed by atoms with Gasteiger partial charge in [0.15, 0.2) is 0 Å². The smallest absolute Gasteiger partial charge is 0.0659 e. The Bertz CT molecular complexity index is 526. The van der Waals surface area contributed by atoms with Gasteiger partial charge in [0.25, 0.3) is 0 Å². The van der Waals surface area contributed by atoms with E-state index in [1.165, 1.54) is 18.4 Å². The molecule has 0 radical (unpaired) electrons. The van der Waals surface area contributed by atoms with Crippen molar-refractivity contribution >= 4 is 22.5 Å². The molecule has 1 aliphatic rings. The maximum absolute atomic E-state index is 6.08. The third-order valence-corrected chi connectivity index (χ3v) is 3.81. The molecule has 1 aromatic heterocycles. The summed E-state index contributed by atoms with van der Waals surface area (Å²) in [4.78, 5) is 3.18. The minimum Gasteiger partial charge on any atom is -0.360 e. The van der Waals surface area contributed by atoms with Crippen molar-refractivity contribution in [2.75, 3.05) is 0 Å². The molecule has 2 nitrogen and oxygen atoms in total. The van der Waals surface area contributed by atoms with E-state index >= 15 is 0 Å². The fourth-order valence-electron chi connectivity index (χ4n) is 2.10. The predicted molar refractivity (Wildman–Crippen MR) is 67.8 cm³/mol. The summed E-state index contributed by atoms with van der Waals surface area (Å²) in [7, 11) is 0. The van der Waals surface area contributed by atoms with Crippen LogP contribution in [0.3, 0.4) is 0 Å². The molecule has 84 valence electrons. The van der Waals surface area contributed by atoms with Gasteiger partial charge in [0.2, 0.25) is 0 Å². The summed E-state index contributed by atoms with van der Waals surface area (Å²) < 4.78 is 0. The number of halogens is 1. The summed E-state index contributed by atoms with van der Waals surface area (Å²) in [5.74, 6) is 0. The van der Waals surface area contributed by atoms with Gasteiger partial charge in [-0.25, -0.2) is 0 Å². The Morgan fingerprint density at radius 2 is 2.19 bits per heavy atom. The number of fused-ring (bicyclic) bond motifs is 1. The average molecular weight is 235 g/mol. The second-order valence-electron chi connectivity index (χ2n) is 4.88. The van der Waals surface area contributed by atoms with Gasteiger partial charge in [0.1, 0.15) is 0 Å². The molecule has 0 atom stereocenters. The van der Waals surface area contributed by atoms with E-state index in [0.29, 0.717) is 0 Å². The normalized spacial score (nSPS) is 17.9. The number of aromatic amines is 1. The molecule has 0 spiro atoms. The molecule has 1 aliphatic carbocycles. The number of H-pyrrole nitrogens is 1. The lowest BCUT2D eigenvalue weighted by atomic mass is 10.0. The first-order chi connectivity index (χ1) is 7.66. The molecule has 16 heavy (non-hydrogen) atoms. The van der Waals surface area contributed by atoms with Gasteiger partial charge in [0.05, 0.1) is 5.02 Å². The minimum atomic E-state index is 0.141. The molecule has 1 heterocycles. The Kier molecular flexibility index (Phi) is 2.23. The highest BCUT2D eigenvalue weighted by Gasteiger charge is 2.37. The van der Waals surface area contributed by atoms with Crippen LogP contribution >= 0.6 is 11.6 Å². The Morgan fingerprint density at radius 3 is 2.94 bits per heavy atom.